The summed E-state index contributed by atoms with van der Waals surface area (Å²) < 4.78 is 0. The van der Waals surface area contributed by atoms with Crippen LogP contribution in [0.4, 0.5) is 0 Å². The smallest absolute Gasteiger partial charge is 0.303 e. The van der Waals surface area contributed by atoms with Gasteiger partial charge in [-0.05, 0) is 52.2 Å². The minimum Gasteiger partial charge on any atom is -0.481 e. The third kappa shape index (κ3) is 5.58. The van der Waals surface area contributed by atoms with Gasteiger partial charge >= 0.3 is 5.97 Å². The van der Waals surface area contributed by atoms with Gasteiger partial charge in [0.25, 0.3) is 5.91 Å². The van der Waals surface area contributed by atoms with E-state index in [4.69, 9.17) is 5.11 Å². The van der Waals surface area contributed by atoms with Crippen LogP contribution < -0.4 is 5.32 Å². The Balaban J connectivity index is 1.96. The fourth-order valence-electron chi connectivity index (χ4n) is 3.17. The number of rotatable bonds is 6. The summed E-state index contributed by atoms with van der Waals surface area (Å²) >= 11 is 0. The molecule has 1 aromatic rings. The molecule has 142 valence electrons. The zero-order valence-electron chi connectivity index (χ0n) is 15.7. The van der Waals surface area contributed by atoms with Gasteiger partial charge in [0.1, 0.15) is 0 Å². The van der Waals surface area contributed by atoms with Crippen molar-refractivity contribution in [1.29, 1.82) is 0 Å². The third-order valence-corrected chi connectivity index (χ3v) is 4.80. The normalized spacial score (nSPS) is 17.7. The molecule has 0 spiro atoms. The molecular weight excluding hydrogens is 332 g/mol. The standard InChI is InChI=1S/C20H28N2O4/c1-14-6-8-15(9-7-14)19(26)22-12-4-5-16(13-22)18(25)21-20(2,3)11-10-17(23)24/h6-9,16H,4-5,10-13H2,1-3H3,(H,21,25)(H,23,24). The molecule has 1 saturated heterocycles. The molecule has 1 aliphatic heterocycles. The number of hydrogen-bond donors (Lipinski definition) is 2. The summed E-state index contributed by atoms with van der Waals surface area (Å²) in [5.74, 6) is -1.29. The number of carbonyl (C=O) groups excluding carboxylic acids is 2. The number of aliphatic carboxylic acids is 1. The van der Waals surface area contributed by atoms with Gasteiger partial charge in [0.15, 0.2) is 0 Å². The Morgan fingerprint density at radius 3 is 2.50 bits per heavy atom. The van der Waals surface area contributed by atoms with Crippen LogP contribution in [-0.4, -0.2) is 46.4 Å². The van der Waals surface area contributed by atoms with E-state index in [1.54, 1.807) is 4.90 Å². The average molecular weight is 360 g/mol. The molecule has 1 aliphatic rings. The lowest BCUT2D eigenvalue weighted by atomic mass is 9.93. The van der Waals surface area contributed by atoms with Gasteiger partial charge in [-0.2, -0.15) is 0 Å². The Bertz CT molecular complexity index is 667. The van der Waals surface area contributed by atoms with Crippen LogP contribution in [0.15, 0.2) is 24.3 Å². The predicted octanol–water partition coefficient (Wildman–Crippen LogP) is 2.61. The van der Waals surface area contributed by atoms with Crippen molar-refractivity contribution in [2.45, 2.75) is 52.0 Å². The first-order chi connectivity index (χ1) is 12.2. The van der Waals surface area contributed by atoms with E-state index in [-0.39, 0.29) is 24.2 Å². The van der Waals surface area contributed by atoms with E-state index >= 15 is 0 Å². The molecule has 1 fully saturated rings. The SMILES string of the molecule is Cc1ccc(C(=O)N2CCCC(C(=O)NC(C)(C)CCC(=O)O)C2)cc1. The van der Waals surface area contributed by atoms with Crippen LogP contribution in [0.2, 0.25) is 0 Å². The lowest BCUT2D eigenvalue weighted by Gasteiger charge is -2.34. The van der Waals surface area contributed by atoms with Crippen molar-refractivity contribution in [2.75, 3.05) is 13.1 Å². The summed E-state index contributed by atoms with van der Waals surface area (Å²) in [4.78, 5) is 37.8. The van der Waals surface area contributed by atoms with Crippen LogP contribution in [0.25, 0.3) is 0 Å². The number of piperidine rings is 1. The number of nitrogens with zero attached hydrogens (tertiary/aromatic N) is 1. The molecule has 0 aliphatic carbocycles. The van der Waals surface area contributed by atoms with Gasteiger partial charge < -0.3 is 15.3 Å². The maximum atomic E-state index is 12.7. The fraction of sp³-hybridized carbons (Fsp3) is 0.550. The van der Waals surface area contributed by atoms with Gasteiger partial charge in [-0.3, -0.25) is 14.4 Å². The maximum Gasteiger partial charge on any atom is 0.303 e. The molecule has 1 heterocycles. The monoisotopic (exact) mass is 360 g/mol. The average Bonchev–Trinajstić information content (AvgIpc) is 2.60. The summed E-state index contributed by atoms with van der Waals surface area (Å²) in [6.07, 6.45) is 1.90. The first-order valence-corrected chi connectivity index (χ1v) is 9.08. The summed E-state index contributed by atoms with van der Waals surface area (Å²) in [6, 6.07) is 7.45. The van der Waals surface area contributed by atoms with Gasteiger partial charge in [0.05, 0.1) is 5.92 Å². The molecule has 1 atom stereocenters. The topological polar surface area (TPSA) is 86.7 Å². The molecule has 0 bridgehead atoms. The molecule has 2 rings (SSSR count). The first kappa shape index (κ1) is 19.9. The third-order valence-electron chi connectivity index (χ3n) is 4.80. The van der Waals surface area contributed by atoms with E-state index < -0.39 is 11.5 Å². The van der Waals surface area contributed by atoms with Crippen molar-refractivity contribution in [1.82, 2.24) is 10.2 Å². The van der Waals surface area contributed by atoms with E-state index in [2.05, 4.69) is 5.32 Å². The molecule has 1 unspecified atom stereocenters. The van der Waals surface area contributed by atoms with Crippen LogP contribution in [0.1, 0.15) is 55.5 Å². The molecular formula is C20H28N2O4. The quantitative estimate of drug-likeness (QED) is 0.816. The molecule has 0 saturated carbocycles. The van der Waals surface area contributed by atoms with Gasteiger partial charge in [-0.15, -0.1) is 0 Å². The highest BCUT2D eigenvalue weighted by Gasteiger charge is 2.31. The van der Waals surface area contributed by atoms with Crippen molar-refractivity contribution < 1.29 is 19.5 Å². The molecule has 6 nitrogen and oxygen atoms in total. The van der Waals surface area contributed by atoms with E-state index in [0.717, 1.165) is 18.4 Å². The lowest BCUT2D eigenvalue weighted by Crippen LogP contribution is -2.51. The van der Waals surface area contributed by atoms with E-state index in [1.165, 1.54) is 0 Å². The highest BCUT2D eigenvalue weighted by molar-refractivity contribution is 5.94. The molecule has 0 aromatic heterocycles. The lowest BCUT2D eigenvalue weighted by molar-refractivity contribution is -0.138. The van der Waals surface area contributed by atoms with Gasteiger partial charge in [0, 0.05) is 30.6 Å². The summed E-state index contributed by atoms with van der Waals surface area (Å²) in [5.41, 5.74) is 1.15. The van der Waals surface area contributed by atoms with Crippen molar-refractivity contribution in [2.24, 2.45) is 5.92 Å². The van der Waals surface area contributed by atoms with Crippen molar-refractivity contribution in [3.63, 3.8) is 0 Å². The zero-order valence-corrected chi connectivity index (χ0v) is 15.7. The molecule has 2 amide bonds. The van der Waals surface area contributed by atoms with Crippen LogP contribution in [-0.2, 0) is 9.59 Å². The highest BCUT2D eigenvalue weighted by atomic mass is 16.4. The molecule has 26 heavy (non-hydrogen) atoms. The van der Waals surface area contributed by atoms with Crippen LogP contribution in [0, 0.1) is 12.8 Å². The van der Waals surface area contributed by atoms with Gasteiger partial charge in [-0.1, -0.05) is 17.7 Å². The first-order valence-electron chi connectivity index (χ1n) is 9.08. The highest BCUT2D eigenvalue weighted by Crippen LogP contribution is 2.21. The second-order valence-corrected chi connectivity index (χ2v) is 7.72. The van der Waals surface area contributed by atoms with Crippen molar-refractivity contribution in [3.05, 3.63) is 35.4 Å². The fourth-order valence-corrected chi connectivity index (χ4v) is 3.17. The Morgan fingerprint density at radius 2 is 1.88 bits per heavy atom. The summed E-state index contributed by atoms with van der Waals surface area (Å²) in [6.45, 7) is 6.67. The zero-order chi connectivity index (χ0) is 19.3. The maximum absolute atomic E-state index is 12.7. The van der Waals surface area contributed by atoms with Crippen molar-refractivity contribution in [3.8, 4) is 0 Å². The Labute approximate surface area is 154 Å². The number of carboxylic acid groups (broad SMARTS) is 1. The number of carbonyl (C=O) groups is 3. The minimum absolute atomic E-state index is 0.00990. The number of aryl methyl sites for hydroxylation is 1. The molecule has 6 heteroatoms. The van der Waals surface area contributed by atoms with E-state index in [0.29, 0.717) is 25.1 Å². The van der Waals surface area contributed by atoms with Gasteiger partial charge in [-0.25, -0.2) is 0 Å². The van der Waals surface area contributed by atoms with Gasteiger partial charge in [0.2, 0.25) is 5.91 Å². The number of hydrogen-bond acceptors (Lipinski definition) is 3. The second-order valence-electron chi connectivity index (χ2n) is 7.72. The number of nitrogens with one attached hydrogen (secondary N) is 1. The second kappa shape index (κ2) is 8.34. The van der Waals surface area contributed by atoms with Crippen molar-refractivity contribution >= 4 is 17.8 Å². The minimum atomic E-state index is -0.875. The summed E-state index contributed by atoms with van der Waals surface area (Å²) in [5, 5.41) is 11.8. The molecule has 2 N–H and O–H groups in total. The Kier molecular flexibility index (Phi) is 6.40. The molecule has 0 radical (unpaired) electrons. The Morgan fingerprint density at radius 1 is 1.23 bits per heavy atom. The van der Waals surface area contributed by atoms with Crippen LogP contribution in [0.3, 0.4) is 0 Å². The summed E-state index contributed by atoms with van der Waals surface area (Å²) in [7, 11) is 0. The predicted molar refractivity (Wildman–Crippen MR) is 98.9 cm³/mol. The number of amides is 2. The number of likely N-dealkylation sites (tertiary alicyclic amines) is 1. The number of carboxylic acids is 1. The van der Waals surface area contributed by atoms with E-state index in [1.807, 2.05) is 45.0 Å². The van der Waals surface area contributed by atoms with Crippen LogP contribution >= 0.6 is 0 Å². The largest absolute Gasteiger partial charge is 0.481 e. The molecule has 1 aromatic carbocycles. The number of benzene rings is 1. The van der Waals surface area contributed by atoms with Crippen LogP contribution in [0.5, 0.6) is 0 Å². The Hall–Kier alpha value is -2.37. The van der Waals surface area contributed by atoms with E-state index in [9.17, 15) is 14.4 Å².